The van der Waals surface area contributed by atoms with Crippen LogP contribution in [0.15, 0.2) is 47.4 Å². The molecule has 2 aromatic rings. The molecule has 0 saturated heterocycles. The van der Waals surface area contributed by atoms with Crippen LogP contribution in [0.2, 0.25) is 0 Å². The molecule has 1 amide bonds. The van der Waals surface area contributed by atoms with Crippen LogP contribution in [-0.2, 0) is 5.75 Å². The van der Waals surface area contributed by atoms with E-state index >= 15 is 0 Å². The summed E-state index contributed by atoms with van der Waals surface area (Å²) in [5.74, 6) is 0.278. The molecule has 0 saturated carbocycles. The summed E-state index contributed by atoms with van der Waals surface area (Å²) in [6.07, 6.45) is 0. The summed E-state index contributed by atoms with van der Waals surface area (Å²) in [5.41, 5.74) is 14.7. The Balaban J connectivity index is 2.19. The Morgan fingerprint density at radius 1 is 1.21 bits per heavy atom. The summed E-state index contributed by atoms with van der Waals surface area (Å²) in [4.78, 5) is 12.4. The van der Waals surface area contributed by atoms with Gasteiger partial charge in [-0.3, -0.25) is 4.79 Å². The second-order valence-electron chi connectivity index (χ2n) is 4.35. The zero-order valence-corrected chi connectivity index (χ0v) is 11.5. The van der Waals surface area contributed by atoms with Crippen molar-refractivity contribution < 1.29 is 4.79 Å². The smallest absolute Gasteiger partial charge is 0.249 e. The predicted molar refractivity (Wildman–Crippen MR) is 80.1 cm³/mol. The number of amides is 1. The molecule has 0 unspecified atom stereocenters. The number of anilines is 1. The van der Waals surface area contributed by atoms with E-state index in [1.807, 2.05) is 43.3 Å². The fraction of sp³-hybridized carbons (Fsp3) is 0.133. The van der Waals surface area contributed by atoms with Gasteiger partial charge in [0.15, 0.2) is 0 Å². The maximum Gasteiger partial charge on any atom is 0.249 e. The molecule has 0 heterocycles. The van der Waals surface area contributed by atoms with Crippen molar-refractivity contribution in [2.75, 3.05) is 5.73 Å². The minimum absolute atomic E-state index is 0.395. The van der Waals surface area contributed by atoms with Gasteiger partial charge >= 0.3 is 0 Å². The average molecular weight is 272 g/mol. The fourth-order valence-corrected chi connectivity index (χ4v) is 2.88. The van der Waals surface area contributed by atoms with Gasteiger partial charge in [0.1, 0.15) is 0 Å². The summed E-state index contributed by atoms with van der Waals surface area (Å²) in [5, 5.41) is 0. The second-order valence-corrected chi connectivity index (χ2v) is 5.37. The molecule has 2 rings (SSSR count). The summed E-state index contributed by atoms with van der Waals surface area (Å²) in [7, 11) is 0. The Bertz CT molecular complexity index is 611. The molecule has 98 valence electrons. The maximum atomic E-state index is 11.3. The number of rotatable bonds is 4. The number of carbonyl (C=O) groups excluding carboxylic acids is 1. The summed E-state index contributed by atoms with van der Waals surface area (Å²) >= 11 is 1.61. The number of primary amides is 1. The first-order valence-electron chi connectivity index (χ1n) is 5.94. The standard InChI is InChI=1S/C15H16N2OS/c1-10-6-7-13(16)14(8-10)19-9-11-4-2-3-5-12(11)15(17)18/h2-8H,9,16H2,1H3,(H2,17,18). The lowest BCUT2D eigenvalue weighted by Gasteiger charge is -2.09. The number of hydrogen-bond donors (Lipinski definition) is 2. The van der Waals surface area contributed by atoms with Crippen LogP contribution in [0.5, 0.6) is 0 Å². The van der Waals surface area contributed by atoms with Gasteiger partial charge in [-0.1, -0.05) is 24.3 Å². The molecule has 0 aliphatic rings. The zero-order valence-electron chi connectivity index (χ0n) is 10.7. The van der Waals surface area contributed by atoms with Crippen LogP contribution in [0.3, 0.4) is 0 Å². The van der Waals surface area contributed by atoms with E-state index in [-0.39, 0.29) is 0 Å². The number of carbonyl (C=O) groups is 1. The van der Waals surface area contributed by atoms with E-state index in [9.17, 15) is 4.79 Å². The van der Waals surface area contributed by atoms with Gasteiger partial charge in [-0.25, -0.2) is 0 Å². The zero-order chi connectivity index (χ0) is 13.8. The molecule has 4 heteroatoms. The van der Waals surface area contributed by atoms with Crippen LogP contribution >= 0.6 is 11.8 Å². The van der Waals surface area contributed by atoms with Crippen molar-refractivity contribution in [3.8, 4) is 0 Å². The number of hydrogen-bond acceptors (Lipinski definition) is 3. The van der Waals surface area contributed by atoms with Gasteiger partial charge in [0.2, 0.25) is 5.91 Å². The van der Waals surface area contributed by atoms with Gasteiger partial charge in [0.05, 0.1) is 0 Å². The van der Waals surface area contributed by atoms with Crippen LogP contribution < -0.4 is 11.5 Å². The lowest BCUT2D eigenvalue weighted by molar-refractivity contribution is 0.0999. The van der Waals surface area contributed by atoms with E-state index in [1.54, 1.807) is 17.8 Å². The van der Waals surface area contributed by atoms with Crippen molar-refractivity contribution in [2.45, 2.75) is 17.6 Å². The highest BCUT2D eigenvalue weighted by molar-refractivity contribution is 7.98. The maximum absolute atomic E-state index is 11.3. The third kappa shape index (κ3) is 3.29. The van der Waals surface area contributed by atoms with Gasteiger partial charge in [-0.2, -0.15) is 0 Å². The minimum Gasteiger partial charge on any atom is -0.398 e. The van der Waals surface area contributed by atoms with Crippen LogP contribution in [0, 0.1) is 6.92 Å². The summed E-state index contributed by atoms with van der Waals surface area (Å²) in [6, 6.07) is 13.3. The lowest BCUT2D eigenvalue weighted by atomic mass is 10.1. The number of thioether (sulfide) groups is 1. The van der Waals surface area contributed by atoms with Crippen molar-refractivity contribution in [3.63, 3.8) is 0 Å². The van der Waals surface area contributed by atoms with Gasteiger partial charge in [-0.15, -0.1) is 11.8 Å². The Kier molecular flexibility index (Phi) is 4.12. The average Bonchev–Trinajstić information content (AvgIpc) is 2.40. The Morgan fingerprint density at radius 2 is 1.95 bits per heavy atom. The molecule has 2 aromatic carbocycles. The highest BCUT2D eigenvalue weighted by atomic mass is 32.2. The van der Waals surface area contributed by atoms with E-state index < -0.39 is 5.91 Å². The van der Waals surface area contributed by atoms with Gasteiger partial charge in [0.25, 0.3) is 0 Å². The monoisotopic (exact) mass is 272 g/mol. The number of nitrogens with two attached hydrogens (primary N) is 2. The molecule has 0 radical (unpaired) electrons. The minimum atomic E-state index is -0.395. The molecule has 0 spiro atoms. The van der Waals surface area contributed by atoms with Gasteiger partial charge in [0, 0.05) is 21.9 Å². The molecule has 0 atom stereocenters. The van der Waals surface area contributed by atoms with Crippen molar-refractivity contribution in [3.05, 3.63) is 59.2 Å². The first kappa shape index (κ1) is 13.5. The topological polar surface area (TPSA) is 69.1 Å². The van der Waals surface area contributed by atoms with Crippen LogP contribution in [0.1, 0.15) is 21.5 Å². The Morgan fingerprint density at radius 3 is 2.68 bits per heavy atom. The Hall–Kier alpha value is -1.94. The van der Waals surface area contributed by atoms with Crippen LogP contribution in [0.25, 0.3) is 0 Å². The van der Waals surface area contributed by atoms with Crippen molar-refractivity contribution in [2.24, 2.45) is 5.73 Å². The second kappa shape index (κ2) is 5.80. The van der Waals surface area contributed by atoms with Crippen LogP contribution in [-0.4, -0.2) is 5.91 Å². The molecule has 3 nitrogen and oxygen atoms in total. The van der Waals surface area contributed by atoms with Crippen molar-refractivity contribution >= 4 is 23.4 Å². The van der Waals surface area contributed by atoms with E-state index in [4.69, 9.17) is 11.5 Å². The van der Waals surface area contributed by atoms with Crippen molar-refractivity contribution in [1.82, 2.24) is 0 Å². The molecular formula is C15H16N2OS. The quantitative estimate of drug-likeness (QED) is 0.664. The van der Waals surface area contributed by atoms with E-state index in [1.165, 1.54) is 5.56 Å². The summed E-state index contributed by atoms with van der Waals surface area (Å²) in [6.45, 7) is 2.03. The molecule has 19 heavy (non-hydrogen) atoms. The molecule has 0 aliphatic heterocycles. The largest absolute Gasteiger partial charge is 0.398 e. The number of benzene rings is 2. The molecule has 0 aromatic heterocycles. The number of nitrogen functional groups attached to an aromatic ring is 1. The molecule has 0 aliphatic carbocycles. The van der Waals surface area contributed by atoms with Crippen LogP contribution in [0.4, 0.5) is 5.69 Å². The molecule has 0 fully saturated rings. The SMILES string of the molecule is Cc1ccc(N)c(SCc2ccccc2C(N)=O)c1. The fourth-order valence-electron chi connectivity index (χ4n) is 1.81. The lowest BCUT2D eigenvalue weighted by Crippen LogP contribution is -2.13. The Labute approximate surface area is 117 Å². The third-order valence-corrected chi connectivity index (χ3v) is 3.95. The van der Waals surface area contributed by atoms with Crippen molar-refractivity contribution in [1.29, 1.82) is 0 Å². The predicted octanol–water partition coefficient (Wildman–Crippen LogP) is 2.97. The number of aryl methyl sites for hydroxylation is 1. The highest BCUT2D eigenvalue weighted by Crippen LogP contribution is 2.29. The molecule has 4 N–H and O–H groups in total. The normalized spacial score (nSPS) is 10.4. The van der Waals surface area contributed by atoms with E-state index in [0.29, 0.717) is 11.3 Å². The van der Waals surface area contributed by atoms with Gasteiger partial charge < -0.3 is 11.5 Å². The third-order valence-electron chi connectivity index (χ3n) is 2.84. The molecular weight excluding hydrogens is 256 g/mol. The van der Waals surface area contributed by atoms with E-state index in [2.05, 4.69) is 0 Å². The molecule has 0 bridgehead atoms. The van der Waals surface area contributed by atoms with Gasteiger partial charge in [-0.05, 0) is 36.2 Å². The first-order valence-corrected chi connectivity index (χ1v) is 6.93. The highest BCUT2D eigenvalue weighted by Gasteiger charge is 2.08. The van der Waals surface area contributed by atoms with E-state index in [0.717, 1.165) is 16.1 Å². The summed E-state index contributed by atoms with van der Waals surface area (Å²) < 4.78 is 0. The first-order chi connectivity index (χ1) is 9.08.